The standard InChI is InChI=1S/C14H22N4O2.ClH/c1-3-10-11(4-2)16-17-13(19)12(10)14(20)18-7-5-6-9(15)8-18;/h9H,3-8,15H2,1-2H3,(H,17,19);1H. The monoisotopic (exact) mass is 314 g/mol. The van der Waals surface area contributed by atoms with E-state index in [4.69, 9.17) is 5.73 Å². The van der Waals surface area contributed by atoms with Crippen molar-refractivity contribution in [2.45, 2.75) is 45.6 Å². The fraction of sp³-hybridized carbons (Fsp3) is 0.643. The Kier molecular flexibility index (Phi) is 6.36. The maximum Gasteiger partial charge on any atom is 0.277 e. The molecule has 0 saturated carbocycles. The Morgan fingerprint density at radius 2 is 2.14 bits per heavy atom. The molecule has 1 amide bonds. The normalized spacial score (nSPS) is 18.2. The molecule has 1 aromatic rings. The number of nitrogens with zero attached hydrogens (tertiary/aromatic N) is 2. The zero-order valence-electron chi connectivity index (χ0n) is 12.5. The summed E-state index contributed by atoms with van der Waals surface area (Å²) in [5, 5.41) is 6.48. The molecular weight excluding hydrogens is 292 g/mol. The molecule has 7 heteroatoms. The van der Waals surface area contributed by atoms with Crippen LogP contribution in [0.5, 0.6) is 0 Å². The minimum Gasteiger partial charge on any atom is -0.337 e. The van der Waals surface area contributed by atoms with Crippen LogP contribution in [-0.4, -0.2) is 40.1 Å². The largest absolute Gasteiger partial charge is 0.337 e. The summed E-state index contributed by atoms with van der Waals surface area (Å²) in [7, 11) is 0. The first-order valence-corrected chi connectivity index (χ1v) is 7.23. The molecule has 0 radical (unpaired) electrons. The average molecular weight is 315 g/mol. The number of carbonyl (C=O) groups is 1. The molecule has 1 aliphatic heterocycles. The molecule has 2 heterocycles. The van der Waals surface area contributed by atoms with E-state index in [9.17, 15) is 9.59 Å². The maximum absolute atomic E-state index is 12.6. The molecule has 1 atom stereocenters. The Morgan fingerprint density at radius 3 is 2.71 bits per heavy atom. The van der Waals surface area contributed by atoms with E-state index < -0.39 is 5.56 Å². The lowest BCUT2D eigenvalue weighted by molar-refractivity contribution is 0.0705. The lowest BCUT2D eigenvalue weighted by Gasteiger charge is -2.31. The van der Waals surface area contributed by atoms with Gasteiger partial charge in [0.05, 0.1) is 5.69 Å². The summed E-state index contributed by atoms with van der Waals surface area (Å²) in [5.74, 6) is -0.213. The van der Waals surface area contributed by atoms with Crippen LogP contribution in [0.4, 0.5) is 0 Å². The van der Waals surface area contributed by atoms with E-state index in [1.54, 1.807) is 4.90 Å². The summed E-state index contributed by atoms with van der Waals surface area (Å²) in [6.45, 7) is 5.09. The number of carbonyl (C=O) groups excluding carboxylic acids is 1. The van der Waals surface area contributed by atoms with Crippen LogP contribution in [0.25, 0.3) is 0 Å². The third-order valence-electron chi connectivity index (χ3n) is 3.82. The third kappa shape index (κ3) is 3.63. The zero-order valence-corrected chi connectivity index (χ0v) is 13.3. The fourth-order valence-corrected chi connectivity index (χ4v) is 2.78. The van der Waals surface area contributed by atoms with Gasteiger partial charge < -0.3 is 10.6 Å². The molecular formula is C14H23ClN4O2. The Morgan fingerprint density at radius 1 is 1.43 bits per heavy atom. The summed E-state index contributed by atoms with van der Waals surface area (Å²) in [6, 6.07) is 0.00402. The first-order chi connectivity index (χ1) is 9.58. The minimum absolute atomic E-state index is 0. The molecule has 0 bridgehead atoms. The molecule has 2 rings (SSSR count). The molecule has 1 unspecified atom stereocenters. The number of piperidine rings is 1. The number of halogens is 1. The van der Waals surface area contributed by atoms with Gasteiger partial charge in [-0.3, -0.25) is 9.59 Å². The first kappa shape index (κ1) is 17.7. The quantitative estimate of drug-likeness (QED) is 0.866. The summed E-state index contributed by atoms with van der Waals surface area (Å²) in [5.41, 5.74) is 7.31. The lowest BCUT2D eigenvalue weighted by atomic mass is 10.0. The molecule has 21 heavy (non-hydrogen) atoms. The summed E-state index contributed by atoms with van der Waals surface area (Å²) in [4.78, 5) is 26.4. The second-order valence-corrected chi connectivity index (χ2v) is 5.21. The maximum atomic E-state index is 12.6. The van der Waals surface area contributed by atoms with Crippen LogP contribution in [0.2, 0.25) is 0 Å². The van der Waals surface area contributed by atoms with Gasteiger partial charge in [0.25, 0.3) is 11.5 Å². The Bertz CT molecular complexity index is 558. The van der Waals surface area contributed by atoms with Crippen LogP contribution in [0.15, 0.2) is 4.79 Å². The molecule has 1 aromatic heterocycles. The molecule has 3 N–H and O–H groups in total. The van der Waals surface area contributed by atoms with Gasteiger partial charge in [0.15, 0.2) is 0 Å². The van der Waals surface area contributed by atoms with Gasteiger partial charge in [-0.2, -0.15) is 5.10 Å². The van der Waals surface area contributed by atoms with Crippen LogP contribution in [-0.2, 0) is 12.8 Å². The molecule has 6 nitrogen and oxygen atoms in total. The number of aromatic amines is 1. The van der Waals surface area contributed by atoms with Crippen LogP contribution in [0.3, 0.4) is 0 Å². The molecule has 0 aliphatic carbocycles. The Balaban J connectivity index is 0.00000220. The number of hydrogen-bond donors (Lipinski definition) is 2. The number of nitrogens with two attached hydrogens (primary N) is 1. The van der Waals surface area contributed by atoms with Gasteiger partial charge in [0, 0.05) is 19.1 Å². The van der Waals surface area contributed by atoms with E-state index in [2.05, 4.69) is 10.2 Å². The van der Waals surface area contributed by atoms with Crippen LogP contribution in [0, 0.1) is 0 Å². The number of likely N-dealkylation sites (tertiary alicyclic amines) is 1. The van der Waals surface area contributed by atoms with Gasteiger partial charge in [-0.1, -0.05) is 13.8 Å². The highest BCUT2D eigenvalue weighted by atomic mass is 35.5. The molecule has 118 valence electrons. The summed E-state index contributed by atoms with van der Waals surface area (Å²) >= 11 is 0. The summed E-state index contributed by atoms with van der Waals surface area (Å²) in [6.07, 6.45) is 3.14. The fourth-order valence-electron chi connectivity index (χ4n) is 2.78. The second-order valence-electron chi connectivity index (χ2n) is 5.21. The van der Waals surface area contributed by atoms with Crippen LogP contribution >= 0.6 is 12.4 Å². The topological polar surface area (TPSA) is 92.1 Å². The molecule has 0 spiro atoms. The number of hydrogen-bond acceptors (Lipinski definition) is 4. The first-order valence-electron chi connectivity index (χ1n) is 7.23. The van der Waals surface area contributed by atoms with E-state index in [-0.39, 0.29) is 29.9 Å². The number of aromatic nitrogens is 2. The van der Waals surface area contributed by atoms with E-state index >= 15 is 0 Å². The highest BCUT2D eigenvalue weighted by molar-refractivity contribution is 5.95. The summed E-state index contributed by atoms with van der Waals surface area (Å²) < 4.78 is 0. The van der Waals surface area contributed by atoms with Crippen molar-refractivity contribution < 1.29 is 4.79 Å². The van der Waals surface area contributed by atoms with Crippen molar-refractivity contribution in [2.75, 3.05) is 13.1 Å². The van der Waals surface area contributed by atoms with Crippen molar-refractivity contribution in [2.24, 2.45) is 5.73 Å². The zero-order chi connectivity index (χ0) is 14.7. The van der Waals surface area contributed by atoms with Crippen molar-refractivity contribution in [3.63, 3.8) is 0 Å². The van der Waals surface area contributed by atoms with Crippen molar-refractivity contribution in [3.05, 3.63) is 27.2 Å². The number of H-pyrrole nitrogens is 1. The van der Waals surface area contributed by atoms with E-state index in [1.165, 1.54) is 0 Å². The Labute approximate surface area is 130 Å². The van der Waals surface area contributed by atoms with Gasteiger partial charge in [-0.05, 0) is 31.2 Å². The lowest BCUT2D eigenvalue weighted by Crippen LogP contribution is -2.47. The highest BCUT2D eigenvalue weighted by Crippen LogP contribution is 2.16. The van der Waals surface area contributed by atoms with Gasteiger partial charge in [-0.25, -0.2) is 5.10 Å². The SMILES string of the molecule is CCc1n[nH]c(=O)c(C(=O)N2CCCC(N)C2)c1CC.Cl. The van der Waals surface area contributed by atoms with Crippen molar-refractivity contribution in [1.82, 2.24) is 15.1 Å². The minimum atomic E-state index is -0.400. The predicted molar refractivity (Wildman–Crippen MR) is 84.0 cm³/mol. The van der Waals surface area contributed by atoms with Crippen molar-refractivity contribution >= 4 is 18.3 Å². The van der Waals surface area contributed by atoms with E-state index in [0.717, 1.165) is 24.1 Å². The highest BCUT2D eigenvalue weighted by Gasteiger charge is 2.27. The third-order valence-corrected chi connectivity index (χ3v) is 3.82. The smallest absolute Gasteiger partial charge is 0.277 e. The Hall–Kier alpha value is -1.40. The molecule has 1 aliphatic rings. The second kappa shape index (κ2) is 7.56. The number of amides is 1. The van der Waals surface area contributed by atoms with Gasteiger partial charge >= 0.3 is 0 Å². The molecule has 1 fully saturated rings. The molecule has 1 saturated heterocycles. The van der Waals surface area contributed by atoms with Gasteiger partial charge in [0.2, 0.25) is 0 Å². The van der Waals surface area contributed by atoms with E-state index in [1.807, 2.05) is 13.8 Å². The van der Waals surface area contributed by atoms with Crippen molar-refractivity contribution in [1.29, 1.82) is 0 Å². The van der Waals surface area contributed by atoms with Gasteiger partial charge in [-0.15, -0.1) is 12.4 Å². The average Bonchev–Trinajstić information content (AvgIpc) is 2.46. The van der Waals surface area contributed by atoms with Gasteiger partial charge in [0.1, 0.15) is 5.56 Å². The number of aryl methyl sites for hydroxylation is 1. The number of rotatable bonds is 3. The molecule has 0 aromatic carbocycles. The van der Waals surface area contributed by atoms with Crippen LogP contribution < -0.4 is 11.3 Å². The number of nitrogens with one attached hydrogen (secondary N) is 1. The van der Waals surface area contributed by atoms with Crippen molar-refractivity contribution in [3.8, 4) is 0 Å². The van der Waals surface area contributed by atoms with E-state index in [0.29, 0.717) is 25.9 Å². The van der Waals surface area contributed by atoms with Crippen LogP contribution in [0.1, 0.15) is 48.3 Å². The predicted octanol–water partition coefficient (Wildman–Crippen LogP) is 0.880.